The van der Waals surface area contributed by atoms with E-state index in [9.17, 15) is 9.59 Å². The molecule has 5 heteroatoms. The highest BCUT2D eigenvalue weighted by Gasteiger charge is 2.06. The highest BCUT2D eigenvalue weighted by atomic mass is 16.5. The van der Waals surface area contributed by atoms with Crippen LogP contribution in [0, 0.1) is 6.92 Å². The van der Waals surface area contributed by atoms with Gasteiger partial charge in [0.05, 0.1) is 6.42 Å². The van der Waals surface area contributed by atoms with Gasteiger partial charge in [-0.25, -0.2) is 0 Å². The molecule has 98 valence electrons. The van der Waals surface area contributed by atoms with E-state index in [-0.39, 0.29) is 24.8 Å². The summed E-state index contributed by atoms with van der Waals surface area (Å²) in [5.74, 6) is -0.621. The number of aryl methyl sites for hydroxylation is 1. The van der Waals surface area contributed by atoms with Gasteiger partial charge < -0.3 is 4.74 Å². The van der Waals surface area contributed by atoms with Gasteiger partial charge in [-0.3, -0.25) is 20.4 Å². The first kappa shape index (κ1) is 14.2. The van der Waals surface area contributed by atoms with E-state index in [1.165, 1.54) is 0 Å². The molecule has 0 aliphatic rings. The Morgan fingerprint density at radius 2 is 1.83 bits per heavy atom. The minimum atomic E-state index is -0.366. The molecule has 1 aromatic carbocycles. The third kappa shape index (κ3) is 4.97. The molecule has 2 amide bonds. The molecule has 0 fully saturated rings. The minimum absolute atomic E-state index is 0.0544. The van der Waals surface area contributed by atoms with Crippen molar-refractivity contribution >= 4 is 11.8 Å². The molecular formula is C13H18N2O3. The lowest BCUT2D eigenvalue weighted by molar-refractivity contribution is -0.131. The zero-order valence-corrected chi connectivity index (χ0v) is 10.7. The van der Waals surface area contributed by atoms with Crippen molar-refractivity contribution in [3.05, 3.63) is 35.4 Å². The van der Waals surface area contributed by atoms with Gasteiger partial charge in [0.2, 0.25) is 5.91 Å². The van der Waals surface area contributed by atoms with Crippen molar-refractivity contribution in [3.8, 4) is 0 Å². The lowest BCUT2D eigenvalue weighted by Crippen LogP contribution is -2.44. The fourth-order valence-electron chi connectivity index (χ4n) is 1.40. The van der Waals surface area contributed by atoms with Crippen LogP contribution in [-0.4, -0.2) is 25.0 Å². The van der Waals surface area contributed by atoms with Gasteiger partial charge in [-0.2, -0.15) is 0 Å². The lowest BCUT2D eigenvalue weighted by atomic mass is 10.1. The summed E-state index contributed by atoms with van der Waals surface area (Å²) in [6.07, 6.45) is 0.238. The number of benzene rings is 1. The van der Waals surface area contributed by atoms with Crippen LogP contribution in [0.1, 0.15) is 18.1 Å². The standard InChI is InChI=1S/C13H18N2O3/c1-3-18-9-13(17)15-14-12(16)8-11-7-5-4-6-10(11)2/h4-7H,3,8-9H2,1-2H3,(H,14,16)(H,15,17). The molecule has 0 unspecified atom stereocenters. The number of rotatable bonds is 5. The number of hydrogen-bond acceptors (Lipinski definition) is 3. The maximum Gasteiger partial charge on any atom is 0.264 e. The van der Waals surface area contributed by atoms with Crippen LogP contribution in [0.5, 0.6) is 0 Å². The van der Waals surface area contributed by atoms with Gasteiger partial charge in [-0.15, -0.1) is 0 Å². The normalized spacial score (nSPS) is 9.89. The Balaban J connectivity index is 2.34. The summed E-state index contributed by atoms with van der Waals surface area (Å²) in [4.78, 5) is 22.8. The molecule has 0 bridgehead atoms. The number of hydrazine groups is 1. The van der Waals surface area contributed by atoms with Crippen molar-refractivity contribution in [2.24, 2.45) is 0 Å². The fraction of sp³-hybridized carbons (Fsp3) is 0.385. The Bertz CT molecular complexity index is 418. The molecule has 0 spiro atoms. The predicted molar refractivity (Wildman–Crippen MR) is 67.7 cm³/mol. The molecule has 18 heavy (non-hydrogen) atoms. The third-order valence-corrected chi connectivity index (χ3v) is 2.39. The topological polar surface area (TPSA) is 67.4 Å². The Kier molecular flexibility index (Phi) is 5.87. The van der Waals surface area contributed by atoms with Crippen LogP contribution in [-0.2, 0) is 20.7 Å². The van der Waals surface area contributed by atoms with E-state index in [0.717, 1.165) is 11.1 Å². The maximum atomic E-state index is 11.6. The summed E-state index contributed by atoms with van der Waals surface area (Å²) in [7, 11) is 0. The smallest absolute Gasteiger partial charge is 0.264 e. The van der Waals surface area contributed by atoms with Gasteiger partial charge in [0, 0.05) is 6.61 Å². The van der Waals surface area contributed by atoms with Gasteiger partial charge in [-0.05, 0) is 25.0 Å². The highest BCUT2D eigenvalue weighted by molar-refractivity contribution is 5.83. The Labute approximate surface area is 106 Å². The number of ether oxygens (including phenoxy) is 1. The predicted octanol–water partition coefficient (Wildman–Crippen LogP) is 0.721. The third-order valence-electron chi connectivity index (χ3n) is 2.39. The summed E-state index contributed by atoms with van der Waals surface area (Å²) in [6.45, 7) is 4.14. The molecule has 0 atom stereocenters. The van der Waals surface area contributed by atoms with E-state index in [1.807, 2.05) is 31.2 Å². The number of carbonyl (C=O) groups excluding carboxylic acids is 2. The number of hydrogen-bond donors (Lipinski definition) is 2. The number of amides is 2. The summed E-state index contributed by atoms with van der Waals surface area (Å²) >= 11 is 0. The lowest BCUT2D eigenvalue weighted by Gasteiger charge is -2.08. The molecule has 0 radical (unpaired) electrons. The second-order valence-electron chi connectivity index (χ2n) is 3.84. The molecule has 2 N–H and O–H groups in total. The van der Waals surface area contributed by atoms with Crippen LogP contribution in [0.4, 0.5) is 0 Å². The van der Waals surface area contributed by atoms with Crippen molar-refractivity contribution in [2.75, 3.05) is 13.2 Å². The van der Waals surface area contributed by atoms with Gasteiger partial charge in [0.15, 0.2) is 0 Å². The Morgan fingerprint density at radius 1 is 1.17 bits per heavy atom. The summed E-state index contributed by atoms with van der Waals surface area (Å²) < 4.78 is 4.90. The van der Waals surface area contributed by atoms with Gasteiger partial charge in [0.1, 0.15) is 6.61 Å². The average molecular weight is 250 g/mol. The quantitative estimate of drug-likeness (QED) is 0.757. The Hall–Kier alpha value is -1.88. The van der Waals surface area contributed by atoms with Gasteiger partial charge >= 0.3 is 0 Å². The number of nitrogens with one attached hydrogen (secondary N) is 2. The second kappa shape index (κ2) is 7.45. The largest absolute Gasteiger partial charge is 0.372 e. The molecule has 0 saturated carbocycles. The van der Waals surface area contributed by atoms with Crippen molar-refractivity contribution in [2.45, 2.75) is 20.3 Å². The van der Waals surface area contributed by atoms with E-state index < -0.39 is 0 Å². The average Bonchev–Trinajstić information content (AvgIpc) is 2.36. The molecule has 0 saturated heterocycles. The zero-order chi connectivity index (χ0) is 13.4. The summed E-state index contributed by atoms with van der Waals surface area (Å²) in [5.41, 5.74) is 6.63. The van der Waals surface area contributed by atoms with Crippen molar-refractivity contribution < 1.29 is 14.3 Å². The molecule has 1 rings (SSSR count). The van der Waals surface area contributed by atoms with Crippen molar-refractivity contribution in [1.82, 2.24) is 10.9 Å². The van der Waals surface area contributed by atoms with E-state index >= 15 is 0 Å². The molecule has 0 aliphatic carbocycles. The first-order valence-electron chi connectivity index (χ1n) is 5.83. The van der Waals surface area contributed by atoms with E-state index in [2.05, 4.69) is 10.9 Å². The van der Waals surface area contributed by atoms with Crippen LogP contribution >= 0.6 is 0 Å². The van der Waals surface area contributed by atoms with Gasteiger partial charge in [0.25, 0.3) is 5.91 Å². The van der Waals surface area contributed by atoms with Crippen molar-refractivity contribution in [1.29, 1.82) is 0 Å². The second-order valence-corrected chi connectivity index (χ2v) is 3.84. The first-order chi connectivity index (χ1) is 8.63. The minimum Gasteiger partial charge on any atom is -0.372 e. The summed E-state index contributed by atoms with van der Waals surface area (Å²) in [5, 5.41) is 0. The van der Waals surface area contributed by atoms with Crippen LogP contribution < -0.4 is 10.9 Å². The van der Waals surface area contributed by atoms with Crippen LogP contribution in [0.2, 0.25) is 0 Å². The molecule has 0 heterocycles. The molecular weight excluding hydrogens is 232 g/mol. The molecule has 5 nitrogen and oxygen atoms in total. The first-order valence-corrected chi connectivity index (χ1v) is 5.83. The zero-order valence-electron chi connectivity index (χ0n) is 10.7. The Morgan fingerprint density at radius 3 is 2.50 bits per heavy atom. The molecule has 0 aliphatic heterocycles. The van der Waals surface area contributed by atoms with Crippen LogP contribution in [0.25, 0.3) is 0 Å². The van der Waals surface area contributed by atoms with E-state index in [4.69, 9.17) is 4.74 Å². The maximum absolute atomic E-state index is 11.6. The SMILES string of the molecule is CCOCC(=O)NNC(=O)Cc1ccccc1C. The van der Waals surface area contributed by atoms with E-state index in [0.29, 0.717) is 6.61 Å². The number of carbonyl (C=O) groups is 2. The highest BCUT2D eigenvalue weighted by Crippen LogP contribution is 2.06. The molecule has 1 aromatic rings. The van der Waals surface area contributed by atoms with Crippen molar-refractivity contribution in [3.63, 3.8) is 0 Å². The fourth-order valence-corrected chi connectivity index (χ4v) is 1.40. The summed E-state index contributed by atoms with van der Waals surface area (Å²) in [6, 6.07) is 7.62. The van der Waals surface area contributed by atoms with Gasteiger partial charge in [-0.1, -0.05) is 24.3 Å². The van der Waals surface area contributed by atoms with E-state index in [1.54, 1.807) is 6.92 Å². The van der Waals surface area contributed by atoms with Crippen LogP contribution in [0.15, 0.2) is 24.3 Å². The molecule has 0 aromatic heterocycles. The monoisotopic (exact) mass is 250 g/mol. The van der Waals surface area contributed by atoms with Crippen LogP contribution in [0.3, 0.4) is 0 Å².